The quantitative estimate of drug-likeness (QED) is 0.875. The second kappa shape index (κ2) is 6.58. The van der Waals surface area contributed by atoms with E-state index in [1.54, 1.807) is 34.3 Å². The third-order valence-electron chi connectivity index (χ3n) is 3.63. The second-order valence-corrected chi connectivity index (χ2v) is 5.74. The van der Waals surface area contributed by atoms with Crippen LogP contribution in [0.1, 0.15) is 18.1 Å². The number of hydrogen-bond donors (Lipinski definition) is 1. The van der Waals surface area contributed by atoms with Gasteiger partial charge in [0.25, 0.3) is 0 Å². The molecule has 0 aromatic heterocycles. The molecule has 0 aliphatic carbocycles. The van der Waals surface area contributed by atoms with Crippen molar-refractivity contribution in [3.63, 3.8) is 0 Å². The van der Waals surface area contributed by atoms with Crippen LogP contribution < -0.4 is 14.2 Å². The summed E-state index contributed by atoms with van der Waals surface area (Å²) in [7, 11) is 4.64. The number of methoxy groups -OCH3 is 3. The summed E-state index contributed by atoms with van der Waals surface area (Å²) >= 11 is 3.51. The number of rotatable bonds is 5. The zero-order valence-electron chi connectivity index (χ0n) is 13.0. The number of ether oxygens (including phenoxy) is 3. The van der Waals surface area contributed by atoms with Gasteiger partial charge in [0.15, 0.2) is 11.5 Å². The zero-order chi connectivity index (χ0) is 16.3. The smallest absolute Gasteiger partial charge is 0.204 e. The number of hydrogen-bond acceptors (Lipinski definition) is 4. The highest BCUT2D eigenvalue weighted by Gasteiger charge is 2.32. The molecule has 118 valence electrons. The van der Waals surface area contributed by atoms with E-state index < -0.39 is 5.60 Å². The van der Waals surface area contributed by atoms with Crippen LogP contribution in [-0.4, -0.2) is 26.4 Å². The normalized spacial score (nSPS) is 13.4. The molecule has 0 heterocycles. The second-order valence-electron chi connectivity index (χ2n) is 4.95. The molecule has 2 rings (SSSR count). The molecule has 2 aromatic carbocycles. The topological polar surface area (TPSA) is 47.9 Å². The van der Waals surface area contributed by atoms with E-state index in [4.69, 9.17) is 14.2 Å². The third kappa shape index (κ3) is 2.78. The van der Waals surface area contributed by atoms with Gasteiger partial charge >= 0.3 is 0 Å². The molecule has 1 N–H and O–H groups in total. The highest BCUT2D eigenvalue weighted by Crippen LogP contribution is 2.48. The average molecular weight is 367 g/mol. The first kappa shape index (κ1) is 16.6. The first-order valence-corrected chi connectivity index (χ1v) is 7.53. The van der Waals surface area contributed by atoms with E-state index in [0.717, 1.165) is 5.56 Å². The van der Waals surface area contributed by atoms with Gasteiger partial charge in [-0.3, -0.25) is 0 Å². The van der Waals surface area contributed by atoms with Crippen molar-refractivity contribution in [3.05, 3.63) is 52.0 Å². The molecule has 0 amide bonds. The zero-order valence-corrected chi connectivity index (χ0v) is 14.6. The predicted octanol–water partition coefficient (Wildman–Crippen LogP) is 3.73. The van der Waals surface area contributed by atoms with Crippen molar-refractivity contribution in [3.8, 4) is 17.2 Å². The highest BCUT2D eigenvalue weighted by atomic mass is 79.9. The Labute approximate surface area is 138 Å². The van der Waals surface area contributed by atoms with E-state index in [-0.39, 0.29) is 0 Å². The van der Waals surface area contributed by atoms with Gasteiger partial charge in [-0.05, 0) is 34.5 Å². The van der Waals surface area contributed by atoms with Crippen LogP contribution >= 0.6 is 15.9 Å². The van der Waals surface area contributed by atoms with E-state index in [9.17, 15) is 5.11 Å². The van der Waals surface area contributed by atoms with Gasteiger partial charge < -0.3 is 19.3 Å². The Hall–Kier alpha value is -1.72. The molecule has 0 saturated heterocycles. The van der Waals surface area contributed by atoms with Crippen LogP contribution in [0.4, 0.5) is 0 Å². The Bertz CT molecular complexity index is 653. The summed E-state index contributed by atoms with van der Waals surface area (Å²) in [6, 6.07) is 11.2. The summed E-state index contributed by atoms with van der Waals surface area (Å²) in [5.74, 6) is 1.45. The van der Waals surface area contributed by atoms with Crippen molar-refractivity contribution in [2.75, 3.05) is 21.3 Å². The minimum absolute atomic E-state index is 0.476. The molecule has 1 atom stereocenters. The van der Waals surface area contributed by atoms with E-state index in [0.29, 0.717) is 27.3 Å². The summed E-state index contributed by atoms with van der Waals surface area (Å²) in [4.78, 5) is 0. The van der Waals surface area contributed by atoms with E-state index in [2.05, 4.69) is 15.9 Å². The van der Waals surface area contributed by atoms with Gasteiger partial charge in [0.05, 0.1) is 25.8 Å². The van der Waals surface area contributed by atoms with E-state index in [1.807, 2.05) is 30.3 Å². The van der Waals surface area contributed by atoms with E-state index in [1.165, 1.54) is 0 Å². The minimum atomic E-state index is -1.22. The lowest BCUT2D eigenvalue weighted by Crippen LogP contribution is -2.23. The maximum atomic E-state index is 11.1. The molecule has 0 bridgehead atoms. The van der Waals surface area contributed by atoms with Crippen LogP contribution in [0.5, 0.6) is 17.2 Å². The molecule has 4 nitrogen and oxygen atoms in total. The van der Waals surface area contributed by atoms with Gasteiger partial charge in [-0.15, -0.1) is 0 Å². The summed E-state index contributed by atoms with van der Waals surface area (Å²) in [5, 5.41) is 11.1. The fourth-order valence-electron chi connectivity index (χ4n) is 2.39. The van der Waals surface area contributed by atoms with Crippen molar-refractivity contribution >= 4 is 15.9 Å². The predicted molar refractivity (Wildman–Crippen MR) is 88.9 cm³/mol. The SMILES string of the molecule is COc1cc(C(C)(O)c2ccccc2)c(Br)c(OC)c1OC. The monoisotopic (exact) mass is 366 g/mol. The Morgan fingerprint density at radius 3 is 2.05 bits per heavy atom. The van der Waals surface area contributed by atoms with Gasteiger partial charge in [0, 0.05) is 5.56 Å². The van der Waals surface area contributed by atoms with Crippen LogP contribution in [0, 0.1) is 0 Å². The Kier molecular flexibility index (Phi) is 4.98. The van der Waals surface area contributed by atoms with Gasteiger partial charge in [0.2, 0.25) is 5.75 Å². The third-order valence-corrected chi connectivity index (χ3v) is 4.42. The van der Waals surface area contributed by atoms with Gasteiger partial charge in [-0.2, -0.15) is 0 Å². The molecule has 5 heteroatoms. The standard InChI is InChI=1S/C17H19BrO4/c1-17(19,11-8-6-5-7-9-11)12-10-13(20-2)15(21-3)16(22-4)14(12)18/h5-10,19H,1-4H3. The Balaban J connectivity index is 2.70. The van der Waals surface area contributed by atoms with E-state index >= 15 is 0 Å². The largest absolute Gasteiger partial charge is 0.493 e. The molecule has 22 heavy (non-hydrogen) atoms. The number of aliphatic hydroxyl groups is 1. The maximum absolute atomic E-state index is 11.1. The molecule has 1 unspecified atom stereocenters. The molecular formula is C17H19BrO4. The fraction of sp³-hybridized carbons (Fsp3) is 0.294. The lowest BCUT2D eigenvalue weighted by molar-refractivity contribution is 0.101. The van der Waals surface area contributed by atoms with Crippen LogP contribution in [0.3, 0.4) is 0 Å². The molecule has 0 fully saturated rings. The Morgan fingerprint density at radius 2 is 1.55 bits per heavy atom. The minimum Gasteiger partial charge on any atom is -0.493 e. The summed E-state index contributed by atoms with van der Waals surface area (Å²) in [6.45, 7) is 1.73. The van der Waals surface area contributed by atoms with Crippen molar-refractivity contribution in [2.24, 2.45) is 0 Å². The molecule has 0 radical (unpaired) electrons. The highest BCUT2D eigenvalue weighted by molar-refractivity contribution is 9.10. The van der Waals surface area contributed by atoms with Crippen molar-refractivity contribution < 1.29 is 19.3 Å². The fourth-order valence-corrected chi connectivity index (χ4v) is 3.24. The molecule has 0 aliphatic heterocycles. The molecular weight excluding hydrogens is 348 g/mol. The average Bonchev–Trinajstić information content (AvgIpc) is 2.54. The molecule has 0 aliphatic rings. The summed E-state index contributed by atoms with van der Waals surface area (Å²) < 4.78 is 16.8. The van der Waals surface area contributed by atoms with Gasteiger partial charge in [0.1, 0.15) is 5.60 Å². The lowest BCUT2D eigenvalue weighted by atomic mass is 9.88. The number of benzene rings is 2. The first-order valence-electron chi connectivity index (χ1n) is 6.74. The van der Waals surface area contributed by atoms with Crippen LogP contribution in [0.2, 0.25) is 0 Å². The summed E-state index contributed by atoms with van der Waals surface area (Å²) in [5.41, 5.74) is 0.186. The maximum Gasteiger partial charge on any atom is 0.204 e. The van der Waals surface area contributed by atoms with Crippen molar-refractivity contribution in [1.29, 1.82) is 0 Å². The molecule has 0 spiro atoms. The van der Waals surface area contributed by atoms with Crippen molar-refractivity contribution in [2.45, 2.75) is 12.5 Å². The van der Waals surface area contributed by atoms with Crippen molar-refractivity contribution in [1.82, 2.24) is 0 Å². The molecule has 2 aromatic rings. The lowest BCUT2D eigenvalue weighted by Gasteiger charge is -2.28. The van der Waals surface area contributed by atoms with Gasteiger partial charge in [-0.1, -0.05) is 30.3 Å². The Morgan fingerprint density at radius 1 is 0.955 bits per heavy atom. The summed E-state index contributed by atoms with van der Waals surface area (Å²) in [6.07, 6.45) is 0. The van der Waals surface area contributed by atoms with Crippen LogP contribution in [0.25, 0.3) is 0 Å². The van der Waals surface area contributed by atoms with Crippen LogP contribution in [0.15, 0.2) is 40.9 Å². The molecule has 0 saturated carbocycles. The number of halogens is 1. The van der Waals surface area contributed by atoms with Gasteiger partial charge in [-0.25, -0.2) is 0 Å². The first-order chi connectivity index (χ1) is 10.5. The van der Waals surface area contributed by atoms with Crippen LogP contribution in [-0.2, 0) is 5.60 Å².